The molecule has 2 rings (SSSR count). The summed E-state index contributed by atoms with van der Waals surface area (Å²) in [5, 5.41) is 6.86. The minimum absolute atomic E-state index is 0.585. The van der Waals surface area contributed by atoms with E-state index in [2.05, 4.69) is 46.2 Å². The molecule has 7 heteroatoms. The Morgan fingerprint density at radius 2 is 1.77 bits per heavy atom. The van der Waals surface area contributed by atoms with Crippen LogP contribution >= 0.6 is 0 Å². The summed E-state index contributed by atoms with van der Waals surface area (Å²) in [5.41, 5.74) is 0. The van der Waals surface area contributed by atoms with Crippen LogP contribution < -0.4 is 10.6 Å². The average molecular weight is 369 g/mol. The summed E-state index contributed by atoms with van der Waals surface area (Å²) >= 11 is 0. The first-order chi connectivity index (χ1) is 12.7. The van der Waals surface area contributed by atoms with Crippen LogP contribution in [0.5, 0.6) is 0 Å². The zero-order chi connectivity index (χ0) is 18.6. The second-order valence-corrected chi connectivity index (χ2v) is 7.66. The first-order valence-electron chi connectivity index (χ1n) is 10.4. The molecule has 0 aliphatic carbocycles. The van der Waals surface area contributed by atoms with E-state index in [0.29, 0.717) is 5.92 Å². The van der Waals surface area contributed by atoms with Gasteiger partial charge in [0, 0.05) is 65.4 Å². The lowest BCUT2D eigenvalue weighted by molar-refractivity contribution is 0.0376. The molecule has 0 aromatic rings. The number of rotatable bonds is 9. The topological polar surface area (TPSA) is 55.4 Å². The summed E-state index contributed by atoms with van der Waals surface area (Å²) in [6.07, 6.45) is 1.14. The zero-order valence-corrected chi connectivity index (χ0v) is 17.2. The van der Waals surface area contributed by atoms with Crippen molar-refractivity contribution in [2.75, 3.05) is 92.3 Å². The van der Waals surface area contributed by atoms with Gasteiger partial charge in [-0.1, -0.05) is 6.92 Å². The molecule has 0 radical (unpaired) electrons. The molecule has 7 nitrogen and oxygen atoms in total. The second-order valence-electron chi connectivity index (χ2n) is 7.66. The van der Waals surface area contributed by atoms with E-state index in [1.807, 2.05) is 0 Å². The summed E-state index contributed by atoms with van der Waals surface area (Å²) in [6, 6.07) is 0. The van der Waals surface area contributed by atoms with Gasteiger partial charge in [0.2, 0.25) is 0 Å². The average Bonchev–Trinajstić information content (AvgIpc) is 2.66. The smallest absolute Gasteiger partial charge is 0.191 e. The number of aliphatic imine (C=N–C) groups is 1. The molecule has 1 atom stereocenters. The molecule has 0 saturated carbocycles. The molecule has 1 unspecified atom stereocenters. The maximum absolute atomic E-state index is 5.40. The standard InChI is InChI=1S/C19H40N6O/c1-4-20-19(21-6-5-7-24-12-14-26-15-13-24)22-16-18(2)17-25-10-8-23(3)9-11-25/h18H,4-17H2,1-3H3,(H2,20,21,22). The van der Waals surface area contributed by atoms with Crippen molar-refractivity contribution in [2.45, 2.75) is 20.3 Å². The van der Waals surface area contributed by atoms with Crippen molar-refractivity contribution in [1.82, 2.24) is 25.3 Å². The highest BCUT2D eigenvalue weighted by atomic mass is 16.5. The van der Waals surface area contributed by atoms with Crippen molar-refractivity contribution < 1.29 is 4.74 Å². The summed E-state index contributed by atoms with van der Waals surface area (Å²) < 4.78 is 5.40. The van der Waals surface area contributed by atoms with Crippen molar-refractivity contribution in [1.29, 1.82) is 0 Å². The number of guanidine groups is 1. The predicted molar refractivity (Wildman–Crippen MR) is 109 cm³/mol. The highest BCUT2D eigenvalue weighted by Crippen LogP contribution is 2.05. The fraction of sp³-hybridized carbons (Fsp3) is 0.947. The molecule has 2 aliphatic rings. The van der Waals surface area contributed by atoms with Gasteiger partial charge in [0.25, 0.3) is 0 Å². The Balaban J connectivity index is 1.62. The summed E-state index contributed by atoms with van der Waals surface area (Å²) in [7, 11) is 2.21. The van der Waals surface area contributed by atoms with Crippen LogP contribution in [0.4, 0.5) is 0 Å². The van der Waals surface area contributed by atoms with Gasteiger partial charge in [-0.05, 0) is 32.9 Å². The SMILES string of the molecule is CCNC(=NCC(C)CN1CCN(C)CC1)NCCCN1CCOCC1. The Morgan fingerprint density at radius 1 is 1.04 bits per heavy atom. The van der Waals surface area contributed by atoms with Crippen LogP contribution in [0.2, 0.25) is 0 Å². The fourth-order valence-corrected chi connectivity index (χ4v) is 3.45. The predicted octanol–water partition coefficient (Wildman–Crippen LogP) is 0.147. The summed E-state index contributed by atoms with van der Waals surface area (Å²) in [5.74, 6) is 1.54. The van der Waals surface area contributed by atoms with Crippen molar-refractivity contribution >= 4 is 5.96 Å². The number of ether oxygens (including phenoxy) is 1. The minimum atomic E-state index is 0.585. The third kappa shape index (κ3) is 8.66. The van der Waals surface area contributed by atoms with Crippen LogP contribution in [0.25, 0.3) is 0 Å². The lowest BCUT2D eigenvalue weighted by Crippen LogP contribution is -2.46. The van der Waals surface area contributed by atoms with E-state index in [1.165, 1.54) is 26.2 Å². The van der Waals surface area contributed by atoms with Crippen molar-refractivity contribution in [2.24, 2.45) is 10.9 Å². The van der Waals surface area contributed by atoms with Gasteiger partial charge in [-0.15, -0.1) is 0 Å². The lowest BCUT2D eigenvalue weighted by atomic mass is 10.1. The quantitative estimate of drug-likeness (QED) is 0.343. The maximum atomic E-state index is 5.40. The number of hydrogen-bond acceptors (Lipinski definition) is 5. The van der Waals surface area contributed by atoms with Gasteiger partial charge in [-0.2, -0.15) is 0 Å². The number of morpholine rings is 1. The van der Waals surface area contributed by atoms with Crippen LogP contribution in [-0.2, 0) is 4.74 Å². The van der Waals surface area contributed by atoms with Crippen LogP contribution in [0, 0.1) is 5.92 Å². The molecule has 0 aromatic heterocycles. The van der Waals surface area contributed by atoms with Gasteiger partial charge in [0.05, 0.1) is 13.2 Å². The van der Waals surface area contributed by atoms with E-state index >= 15 is 0 Å². The number of nitrogens with one attached hydrogen (secondary N) is 2. The Hall–Kier alpha value is -0.890. The van der Waals surface area contributed by atoms with Gasteiger partial charge in [0.1, 0.15) is 0 Å². The lowest BCUT2D eigenvalue weighted by Gasteiger charge is -2.33. The highest BCUT2D eigenvalue weighted by molar-refractivity contribution is 5.79. The molecular formula is C19H40N6O. The van der Waals surface area contributed by atoms with Crippen molar-refractivity contribution in [3.05, 3.63) is 0 Å². The molecule has 0 amide bonds. The number of likely N-dealkylation sites (N-methyl/N-ethyl adjacent to an activating group) is 1. The van der Waals surface area contributed by atoms with Gasteiger partial charge < -0.3 is 25.2 Å². The molecule has 26 heavy (non-hydrogen) atoms. The van der Waals surface area contributed by atoms with E-state index in [0.717, 1.165) is 71.4 Å². The molecule has 0 spiro atoms. The molecule has 0 bridgehead atoms. The molecule has 2 saturated heterocycles. The number of piperazine rings is 1. The van der Waals surface area contributed by atoms with Gasteiger partial charge in [-0.3, -0.25) is 9.89 Å². The van der Waals surface area contributed by atoms with E-state index in [9.17, 15) is 0 Å². The van der Waals surface area contributed by atoms with Crippen LogP contribution in [0.1, 0.15) is 20.3 Å². The first-order valence-corrected chi connectivity index (χ1v) is 10.4. The molecule has 2 aliphatic heterocycles. The first kappa shape index (κ1) is 21.4. The van der Waals surface area contributed by atoms with Gasteiger partial charge in [0.15, 0.2) is 5.96 Å². The van der Waals surface area contributed by atoms with E-state index < -0.39 is 0 Å². The Labute approximate surface area is 160 Å². The number of nitrogens with zero attached hydrogens (tertiary/aromatic N) is 4. The van der Waals surface area contributed by atoms with Crippen molar-refractivity contribution in [3.8, 4) is 0 Å². The van der Waals surface area contributed by atoms with Crippen molar-refractivity contribution in [3.63, 3.8) is 0 Å². The fourth-order valence-electron chi connectivity index (χ4n) is 3.45. The minimum Gasteiger partial charge on any atom is -0.379 e. The summed E-state index contributed by atoms with van der Waals surface area (Å²) in [6.45, 7) is 18.1. The van der Waals surface area contributed by atoms with E-state index in [-0.39, 0.29) is 0 Å². The molecule has 2 fully saturated rings. The van der Waals surface area contributed by atoms with Crippen LogP contribution in [0.3, 0.4) is 0 Å². The molecule has 152 valence electrons. The van der Waals surface area contributed by atoms with Gasteiger partial charge in [-0.25, -0.2) is 0 Å². The maximum Gasteiger partial charge on any atom is 0.191 e. The van der Waals surface area contributed by atoms with E-state index in [4.69, 9.17) is 9.73 Å². The largest absolute Gasteiger partial charge is 0.379 e. The van der Waals surface area contributed by atoms with Gasteiger partial charge >= 0.3 is 0 Å². The third-order valence-corrected chi connectivity index (χ3v) is 5.12. The zero-order valence-electron chi connectivity index (χ0n) is 17.2. The monoisotopic (exact) mass is 368 g/mol. The molecular weight excluding hydrogens is 328 g/mol. The summed E-state index contributed by atoms with van der Waals surface area (Å²) in [4.78, 5) is 12.3. The molecule has 2 N–H and O–H groups in total. The van der Waals surface area contributed by atoms with Crippen LogP contribution in [-0.4, -0.2) is 113 Å². The number of hydrogen-bond donors (Lipinski definition) is 2. The third-order valence-electron chi connectivity index (χ3n) is 5.12. The Kier molecular flexibility index (Phi) is 10.3. The second kappa shape index (κ2) is 12.5. The Bertz CT molecular complexity index is 391. The normalized spacial score (nSPS) is 22.3. The Morgan fingerprint density at radius 3 is 2.46 bits per heavy atom. The highest BCUT2D eigenvalue weighted by Gasteiger charge is 2.16. The molecule has 0 aromatic carbocycles. The van der Waals surface area contributed by atoms with Crippen LogP contribution in [0.15, 0.2) is 4.99 Å². The van der Waals surface area contributed by atoms with E-state index in [1.54, 1.807) is 0 Å². The molecule has 2 heterocycles.